The first-order valence-electron chi connectivity index (χ1n) is 7.20. The van der Waals surface area contributed by atoms with Gasteiger partial charge in [-0.3, -0.25) is 0 Å². The fourth-order valence-corrected chi connectivity index (χ4v) is 4.28. The van der Waals surface area contributed by atoms with E-state index in [0.29, 0.717) is 5.92 Å². The van der Waals surface area contributed by atoms with Gasteiger partial charge in [0.1, 0.15) is 0 Å². The molecule has 2 heteroatoms. The van der Waals surface area contributed by atoms with Crippen molar-refractivity contribution in [3.8, 4) is 0 Å². The van der Waals surface area contributed by atoms with Gasteiger partial charge < -0.3 is 5.32 Å². The van der Waals surface area contributed by atoms with E-state index in [2.05, 4.69) is 60.9 Å². The van der Waals surface area contributed by atoms with Crippen LogP contribution in [0.15, 0.2) is 48.5 Å². The van der Waals surface area contributed by atoms with Gasteiger partial charge in [-0.1, -0.05) is 48.5 Å². The number of rotatable bonds is 3. The molecular formula is C18H20ClN. The Morgan fingerprint density at radius 2 is 1.55 bits per heavy atom. The third kappa shape index (κ3) is 1.60. The highest BCUT2D eigenvalue weighted by Gasteiger charge is 2.51. The first kappa shape index (κ1) is 13.7. The summed E-state index contributed by atoms with van der Waals surface area (Å²) >= 11 is 0. The van der Waals surface area contributed by atoms with Gasteiger partial charge in [-0.2, -0.15) is 0 Å². The van der Waals surface area contributed by atoms with Crippen LogP contribution in [-0.2, 0) is 5.41 Å². The zero-order valence-corrected chi connectivity index (χ0v) is 12.5. The lowest BCUT2D eigenvalue weighted by Crippen LogP contribution is -2.28. The molecule has 2 aromatic carbocycles. The molecule has 1 nitrogen and oxygen atoms in total. The molecule has 0 aromatic heterocycles. The lowest BCUT2D eigenvalue weighted by Gasteiger charge is -2.31. The zero-order chi connectivity index (χ0) is 12.9. The normalized spacial score (nSPS) is 24.9. The van der Waals surface area contributed by atoms with Crippen molar-refractivity contribution in [2.75, 3.05) is 13.6 Å². The standard InChI is InChI=1S/C18H19N.ClH/c1-19-11-10-18-12-15(13-6-2-4-8-16(13)18)14-7-3-5-9-17(14)18;/h2-9,15,19H,10-12H2,1H3;1H. The molecule has 104 valence electrons. The molecule has 0 saturated carbocycles. The maximum atomic E-state index is 3.33. The van der Waals surface area contributed by atoms with Gasteiger partial charge in [-0.05, 0) is 48.7 Å². The molecule has 20 heavy (non-hydrogen) atoms. The minimum Gasteiger partial charge on any atom is -0.320 e. The van der Waals surface area contributed by atoms with Crippen molar-refractivity contribution in [1.29, 1.82) is 0 Å². The molecule has 0 heterocycles. The molecule has 1 N–H and O–H groups in total. The Kier molecular flexibility index (Phi) is 3.35. The van der Waals surface area contributed by atoms with Crippen molar-refractivity contribution < 1.29 is 0 Å². The molecule has 0 radical (unpaired) electrons. The first-order chi connectivity index (χ1) is 9.37. The smallest absolute Gasteiger partial charge is 0.0229 e. The summed E-state index contributed by atoms with van der Waals surface area (Å²) in [5, 5.41) is 3.33. The van der Waals surface area contributed by atoms with Crippen LogP contribution >= 0.6 is 12.4 Å². The van der Waals surface area contributed by atoms with Crippen molar-refractivity contribution in [2.45, 2.75) is 24.2 Å². The number of nitrogens with one attached hydrogen (secondary N) is 1. The third-order valence-corrected chi connectivity index (χ3v) is 5.06. The summed E-state index contributed by atoms with van der Waals surface area (Å²) in [4.78, 5) is 0. The molecule has 0 saturated heterocycles. The topological polar surface area (TPSA) is 12.0 Å². The van der Waals surface area contributed by atoms with E-state index in [9.17, 15) is 0 Å². The number of halogens is 1. The summed E-state index contributed by atoms with van der Waals surface area (Å²) in [6.07, 6.45) is 2.47. The Bertz CT molecular complexity index is 587. The number of hydrogen-bond donors (Lipinski definition) is 1. The van der Waals surface area contributed by atoms with Crippen LogP contribution in [-0.4, -0.2) is 13.6 Å². The summed E-state index contributed by atoms with van der Waals surface area (Å²) in [6, 6.07) is 18.1. The van der Waals surface area contributed by atoms with Gasteiger partial charge in [0, 0.05) is 11.3 Å². The van der Waals surface area contributed by atoms with E-state index in [4.69, 9.17) is 0 Å². The van der Waals surface area contributed by atoms with Crippen molar-refractivity contribution in [3.63, 3.8) is 0 Å². The van der Waals surface area contributed by atoms with Crippen LogP contribution in [0.1, 0.15) is 41.0 Å². The summed E-state index contributed by atoms with van der Waals surface area (Å²) < 4.78 is 0. The highest BCUT2D eigenvalue weighted by atomic mass is 35.5. The van der Waals surface area contributed by atoms with E-state index in [0.717, 1.165) is 6.54 Å². The van der Waals surface area contributed by atoms with E-state index < -0.39 is 0 Å². The zero-order valence-electron chi connectivity index (χ0n) is 11.7. The molecule has 0 fully saturated rings. The highest BCUT2D eigenvalue weighted by Crippen LogP contribution is 2.61. The van der Waals surface area contributed by atoms with Gasteiger partial charge in [0.15, 0.2) is 0 Å². The minimum absolute atomic E-state index is 0. The van der Waals surface area contributed by atoms with E-state index in [1.54, 1.807) is 22.3 Å². The Balaban J connectivity index is 0.00000121. The molecule has 2 aliphatic carbocycles. The molecule has 0 amide bonds. The lowest BCUT2D eigenvalue weighted by atomic mass is 9.73. The summed E-state index contributed by atoms with van der Waals surface area (Å²) in [5.41, 5.74) is 6.55. The van der Waals surface area contributed by atoms with Crippen molar-refractivity contribution >= 4 is 12.4 Å². The monoisotopic (exact) mass is 285 g/mol. The first-order valence-corrected chi connectivity index (χ1v) is 7.20. The van der Waals surface area contributed by atoms with Gasteiger partial charge in [0.2, 0.25) is 0 Å². The second kappa shape index (κ2) is 4.91. The Labute approximate surface area is 126 Å². The van der Waals surface area contributed by atoms with E-state index in [-0.39, 0.29) is 17.8 Å². The van der Waals surface area contributed by atoms with Crippen molar-refractivity contribution in [3.05, 3.63) is 70.8 Å². The maximum absolute atomic E-state index is 3.33. The van der Waals surface area contributed by atoms with E-state index in [1.165, 1.54) is 12.8 Å². The number of hydrogen-bond acceptors (Lipinski definition) is 1. The summed E-state index contributed by atoms with van der Waals surface area (Å²) in [6.45, 7) is 1.08. The van der Waals surface area contributed by atoms with Gasteiger partial charge in [-0.25, -0.2) is 0 Å². The molecule has 0 atom stereocenters. The van der Waals surface area contributed by atoms with Gasteiger partial charge in [0.25, 0.3) is 0 Å². The Morgan fingerprint density at radius 1 is 1.00 bits per heavy atom. The predicted octanol–water partition coefficient (Wildman–Crippen LogP) is 3.85. The summed E-state index contributed by atoms with van der Waals surface area (Å²) in [7, 11) is 2.05. The Morgan fingerprint density at radius 3 is 2.10 bits per heavy atom. The highest BCUT2D eigenvalue weighted by molar-refractivity contribution is 5.85. The molecule has 4 rings (SSSR count). The predicted molar refractivity (Wildman–Crippen MR) is 85.9 cm³/mol. The molecule has 0 unspecified atom stereocenters. The third-order valence-electron chi connectivity index (χ3n) is 5.06. The summed E-state index contributed by atoms with van der Waals surface area (Å²) in [5.74, 6) is 0.629. The molecular weight excluding hydrogens is 266 g/mol. The average molecular weight is 286 g/mol. The molecule has 2 aromatic rings. The van der Waals surface area contributed by atoms with E-state index >= 15 is 0 Å². The van der Waals surface area contributed by atoms with Crippen molar-refractivity contribution in [1.82, 2.24) is 5.32 Å². The van der Waals surface area contributed by atoms with Crippen LogP contribution in [0.4, 0.5) is 0 Å². The van der Waals surface area contributed by atoms with Crippen LogP contribution in [0, 0.1) is 0 Å². The van der Waals surface area contributed by atoms with Gasteiger partial charge >= 0.3 is 0 Å². The molecule has 0 spiro atoms. The fraction of sp³-hybridized carbons (Fsp3) is 0.333. The van der Waals surface area contributed by atoms with E-state index in [1.807, 2.05) is 0 Å². The average Bonchev–Trinajstić information content (AvgIpc) is 2.98. The lowest BCUT2D eigenvalue weighted by molar-refractivity contribution is 0.476. The number of benzene rings is 2. The van der Waals surface area contributed by atoms with Crippen molar-refractivity contribution in [2.24, 2.45) is 0 Å². The Hall–Kier alpha value is -1.31. The van der Waals surface area contributed by atoms with Crippen LogP contribution in [0.5, 0.6) is 0 Å². The van der Waals surface area contributed by atoms with Crippen LogP contribution in [0.2, 0.25) is 0 Å². The second-order valence-corrected chi connectivity index (χ2v) is 5.87. The van der Waals surface area contributed by atoms with Crippen LogP contribution in [0.3, 0.4) is 0 Å². The quantitative estimate of drug-likeness (QED) is 0.903. The largest absolute Gasteiger partial charge is 0.320 e. The fourth-order valence-electron chi connectivity index (χ4n) is 4.28. The van der Waals surface area contributed by atoms with Gasteiger partial charge in [0.05, 0.1) is 0 Å². The molecule has 2 aliphatic rings. The molecule has 2 bridgehead atoms. The second-order valence-electron chi connectivity index (χ2n) is 5.87. The van der Waals surface area contributed by atoms with Crippen LogP contribution in [0.25, 0.3) is 0 Å². The van der Waals surface area contributed by atoms with Gasteiger partial charge in [-0.15, -0.1) is 12.4 Å². The number of fused-ring (bicyclic) bond motifs is 8. The molecule has 0 aliphatic heterocycles. The minimum atomic E-state index is 0. The van der Waals surface area contributed by atoms with Crippen LogP contribution < -0.4 is 5.32 Å². The maximum Gasteiger partial charge on any atom is 0.0229 e. The SMILES string of the molecule is CNCCC12CC(c3ccccc31)c1ccccc12.Cl.